The standard InChI is InChI=1S/C17H23NO3/c1-20-15-8-6-12(13-7-9-17(19)18-11-13)10-16(15)21-14-4-2-3-5-14/h6,8,10,13-14H,2-5,7,9,11H2,1H3,(H,18,19). The molecule has 2 aliphatic rings. The lowest BCUT2D eigenvalue weighted by Gasteiger charge is -2.24. The molecule has 1 aromatic carbocycles. The average molecular weight is 289 g/mol. The largest absolute Gasteiger partial charge is 0.493 e. The molecule has 0 bridgehead atoms. The van der Waals surface area contributed by atoms with E-state index in [2.05, 4.69) is 17.4 Å². The first-order chi connectivity index (χ1) is 10.3. The van der Waals surface area contributed by atoms with Gasteiger partial charge in [0.15, 0.2) is 11.5 Å². The fraction of sp³-hybridized carbons (Fsp3) is 0.588. The van der Waals surface area contributed by atoms with E-state index in [1.807, 2.05) is 6.07 Å². The van der Waals surface area contributed by atoms with E-state index in [9.17, 15) is 4.79 Å². The van der Waals surface area contributed by atoms with Crippen LogP contribution in [0, 0.1) is 0 Å². The van der Waals surface area contributed by atoms with Crippen LogP contribution >= 0.6 is 0 Å². The summed E-state index contributed by atoms with van der Waals surface area (Å²) in [6.45, 7) is 0.716. The fourth-order valence-corrected chi connectivity index (χ4v) is 3.24. The Morgan fingerprint density at radius 2 is 1.95 bits per heavy atom. The molecule has 1 saturated carbocycles. The summed E-state index contributed by atoms with van der Waals surface area (Å²) in [4.78, 5) is 11.3. The number of hydrogen-bond donors (Lipinski definition) is 1. The molecule has 1 saturated heterocycles. The predicted octanol–water partition coefficient (Wildman–Crippen LogP) is 3.01. The Labute approximate surface area is 125 Å². The SMILES string of the molecule is COc1ccc(C2CCC(=O)NC2)cc1OC1CCCC1. The average Bonchev–Trinajstić information content (AvgIpc) is 3.01. The molecule has 114 valence electrons. The molecule has 0 radical (unpaired) electrons. The number of ether oxygens (including phenoxy) is 2. The van der Waals surface area contributed by atoms with Gasteiger partial charge in [-0.1, -0.05) is 6.07 Å². The zero-order chi connectivity index (χ0) is 14.7. The molecule has 21 heavy (non-hydrogen) atoms. The Kier molecular flexibility index (Phi) is 4.32. The lowest BCUT2D eigenvalue weighted by molar-refractivity contribution is -0.122. The third-order valence-electron chi connectivity index (χ3n) is 4.52. The van der Waals surface area contributed by atoms with Gasteiger partial charge >= 0.3 is 0 Å². The van der Waals surface area contributed by atoms with Gasteiger partial charge in [-0.15, -0.1) is 0 Å². The van der Waals surface area contributed by atoms with Crippen molar-refractivity contribution < 1.29 is 14.3 Å². The quantitative estimate of drug-likeness (QED) is 0.927. The monoisotopic (exact) mass is 289 g/mol. The molecule has 3 rings (SSSR count). The number of amides is 1. The summed E-state index contributed by atoms with van der Waals surface area (Å²) >= 11 is 0. The van der Waals surface area contributed by atoms with Crippen molar-refractivity contribution in [2.45, 2.75) is 50.5 Å². The van der Waals surface area contributed by atoms with Crippen molar-refractivity contribution in [3.8, 4) is 11.5 Å². The molecule has 1 aliphatic heterocycles. The summed E-state index contributed by atoms with van der Waals surface area (Å²) in [5, 5.41) is 2.94. The molecule has 0 spiro atoms. The summed E-state index contributed by atoms with van der Waals surface area (Å²) in [7, 11) is 1.68. The lowest BCUT2D eigenvalue weighted by Crippen LogP contribution is -2.33. The van der Waals surface area contributed by atoms with Crippen LogP contribution in [-0.4, -0.2) is 25.7 Å². The van der Waals surface area contributed by atoms with Crippen LogP contribution in [0.2, 0.25) is 0 Å². The number of hydrogen-bond acceptors (Lipinski definition) is 3. The first kappa shape index (κ1) is 14.2. The van der Waals surface area contributed by atoms with Crippen LogP contribution in [-0.2, 0) is 4.79 Å². The van der Waals surface area contributed by atoms with Crippen molar-refractivity contribution in [1.29, 1.82) is 0 Å². The first-order valence-corrected chi connectivity index (χ1v) is 7.87. The van der Waals surface area contributed by atoms with E-state index in [-0.39, 0.29) is 5.91 Å². The summed E-state index contributed by atoms with van der Waals surface area (Å²) in [6.07, 6.45) is 6.60. The topological polar surface area (TPSA) is 47.6 Å². The number of methoxy groups -OCH3 is 1. The number of nitrogens with one attached hydrogen (secondary N) is 1. The Morgan fingerprint density at radius 1 is 1.14 bits per heavy atom. The molecule has 1 heterocycles. The van der Waals surface area contributed by atoms with Crippen molar-refractivity contribution in [3.63, 3.8) is 0 Å². The minimum atomic E-state index is 0.155. The third kappa shape index (κ3) is 3.31. The van der Waals surface area contributed by atoms with Crippen LogP contribution < -0.4 is 14.8 Å². The Balaban J connectivity index is 1.77. The van der Waals surface area contributed by atoms with Gasteiger partial charge in [-0.05, 0) is 49.8 Å². The second-order valence-electron chi connectivity index (χ2n) is 5.97. The summed E-state index contributed by atoms with van der Waals surface area (Å²) < 4.78 is 11.6. The molecular weight excluding hydrogens is 266 g/mol. The molecule has 1 aromatic rings. The van der Waals surface area contributed by atoms with E-state index >= 15 is 0 Å². The molecule has 2 fully saturated rings. The lowest BCUT2D eigenvalue weighted by atomic mass is 9.91. The van der Waals surface area contributed by atoms with Gasteiger partial charge in [-0.25, -0.2) is 0 Å². The van der Waals surface area contributed by atoms with Crippen molar-refractivity contribution in [3.05, 3.63) is 23.8 Å². The number of carbonyl (C=O) groups is 1. The van der Waals surface area contributed by atoms with Gasteiger partial charge in [0.05, 0.1) is 13.2 Å². The number of piperidine rings is 1. The number of benzene rings is 1. The molecule has 0 aromatic heterocycles. The van der Waals surface area contributed by atoms with Gasteiger partial charge in [0.1, 0.15) is 0 Å². The van der Waals surface area contributed by atoms with Crippen molar-refractivity contribution >= 4 is 5.91 Å². The van der Waals surface area contributed by atoms with Crippen LogP contribution in [0.15, 0.2) is 18.2 Å². The van der Waals surface area contributed by atoms with Crippen molar-refractivity contribution in [1.82, 2.24) is 5.32 Å². The summed E-state index contributed by atoms with van der Waals surface area (Å²) in [5.74, 6) is 2.17. The van der Waals surface area contributed by atoms with Crippen LogP contribution in [0.4, 0.5) is 0 Å². The molecule has 4 nitrogen and oxygen atoms in total. The van der Waals surface area contributed by atoms with Gasteiger partial charge in [-0.2, -0.15) is 0 Å². The first-order valence-electron chi connectivity index (χ1n) is 7.87. The smallest absolute Gasteiger partial charge is 0.220 e. The molecule has 1 amide bonds. The highest BCUT2D eigenvalue weighted by atomic mass is 16.5. The molecular formula is C17H23NO3. The second-order valence-corrected chi connectivity index (χ2v) is 5.97. The van der Waals surface area contributed by atoms with E-state index in [0.29, 0.717) is 25.0 Å². The highest BCUT2D eigenvalue weighted by Crippen LogP contribution is 2.35. The number of carbonyl (C=O) groups excluding carboxylic acids is 1. The zero-order valence-corrected chi connectivity index (χ0v) is 12.6. The third-order valence-corrected chi connectivity index (χ3v) is 4.52. The summed E-state index contributed by atoms with van der Waals surface area (Å²) in [6, 6.07) is 6.16. The summed E-state index contributed by atoms with van der Waals surface area (Å²) in [5.41, 5.74) is 1.23. The fourth-order valence-electron chi connectivity index (χ4n) is 3.24. The highest BCUT2D eigenvalue weighted by Gasteiger charge is 2.22. The molecule has 1 atom stereocenters. The maximum atomic E-state index is 11.3. The maximum absolute atomic E-state index is 11.3. The van der Waals surface area contributed by atoms with E-state index in [0.717, 1.165) is 30.8 Å². The minimum absolute atomic E-state index is 0.155. The van der Waals surface area contributed by atoms with E-state index in [1.54, 1.807) is 7.11 Å². The van der Waals surface area contributed by atoms with Crippen LogP contribution in [0.25, 0.3) is 0 Å². The molecule has 4 heteroatoms. The van der Waals surface area contributed by atoms with E-state index in [1.165, 1.54) is 18.4 Å². The van der Waals surface area contributed by atoms with Crippen LogP contribution in [0.3, 0.4) is 0 Å². The van der Waals surface area contributed by atoms with Gasteiger partial charge in [0, 0.05) is 18.9 Å². The molecule has 1 aliphatic carbocycles. The van der Waals surface area contributed by atoms with Gasteiger partial charge in [-0.3, -0.25) is 4.79 Å². The van der Waals surface area contributed by atoms with Crippen molar-refractivity contribution in [2.24, 2.45) is 0 Å². The van der Waals surface area contributed by atoms with Gasteiger partial charge < -0.3 is 14.8 Å². The Bertz CT molecular complexity index is 499. The maximum Gasteiger partial charge on any atom is 0.220 e. The Morgan fingerprint density at radius 3 is 2.62 bits per heavy atom. The molecule has 1 N–H and O–H groups in total. The normalized spacial score (nSPS) is 22.9. The highest BCUT2D eigenvalue weighted by molar-refractivity contribution is 5.76. The number of rotatable bonds is 4. The second kappa shape index (κ2) is 6.37. The van der Waals surface area contributed by atoms with E-state index in [4.69, 9.17) is 9.47 Å². The minimum Gasteiger partial charge on any atom is -0.493 e. The van der Waals surface area contributed by atoms with E-state index < -0.39 is 0 Å². The Hall–Kier alpha value is -1.71. The van der Waals surface area contributed by atoms with Gasteiger partial charge in [0.2, 0.25) is 5.91 Å². The van der Waals surface area contributed by atoms with Gasteiger partial charge in [0.25, 0.3) is 0 Å². The van der Waals surface area contributed by atoms with Crippen LogP contribution in [0.5, 0.6) is 11.5 Å². The predicted molar refractivity (Wildman–Crippen MR) is 80.9 cm³/mol. The van der Waals surface area contributed by atoms with Crippen molar-refractivity contribution in [2.75, 3.05) is 13.7 Å². The molecule has 1 unspecified atom stereocenters. The zero-order valence-electron chi connectivity index (χ0n) is 12.6. The van der Waals surface area contributed by atoms with Crippen LogP contribution in [0.1, 0.15) is 50.0 Å².